The van der Waals surface area contributed by atoms with Crippen LogP contribution in [0.1, 0.15) is 19.8 Å². The monoisotopic (exact) mass is 256 g/mol. The van der Waals surface area contributed by atoms with Gasteiger partial charge in [-0.1, -0.05) is 0 Å². The molecule has 1 aliphatic rings. The van der Waals surface area contributed by atoms with Gasteiger partial charge in [-0.25, -0.2) is 8.78 Å². The maximum Gasteiger partial charge on any atom is 0.253 e. The Morgan fingerprint density at radius 1 is 1.44 bits per heavy atom. The van der Waals surface area contributed by atoms with E-state index in [-0.39, 0.29) is 17.5 Å². The topological polar surface area (TPSA) is 64.4 Å². The molecule has 0 spiro atoms. The largest absolute Gasteiger partial charge is 0.397 e. The van der Waals surface area contributed by atoms with Crippen LogP contribution in [0.5, 0.6) is 0 Å². The van der Waals surface area contributed by atoms with Gasteiger partial charge in [-0.05, 0) is 31.9 Å². The summed E-state index contributed by atoms with van der Waals surface area (Å²) in [5.74, 6) is -2.72. The number of nitrogens with two attached hydrogens (primary N) is 1. The van der Waals surface area contributed by atoms with Crippen molar-refractivity contribution >= 4 is 17.3 Å². The van der Waals surface area contributed by atoms with Crippen LogP contribution >= 0.6 is 0 Å². The van der Waals surface area contributed by atoms with Gasteiger partial charge >= 0.3 is 0 Å². The molecule has 0 radical (unpaired) electrons. The number of rotatable bonds is 2. The molecule has 2 atom stereocenters. The van der Waals surface area contributed by atoms with Crippen LogP contribution < -0.4 is 11.1 Å². The molecule has 1 heterocycles. The van der Waals surface area contributed by atoms with Gasteiger partial charge in [0.2, 0.25) is 0 Å². The highest BCUT2D eigenvalue weighted by atomic mass is 19.2. The normalized spacial score (nSPS) is 23.1. The predicted molar refractivity (Wildman–Crippen MR) is 63.0 cm³/mol. The van der Waals surface area contributed by atoms with Crippen molar-refractivity contribution in [1.82, 2.24) is 0 Å². The molecule has 4 nitrogen and oxygen atoms in total. The van der Waals surface area contributed by atoms with E-state index >= 15 is 0 Å². The van der Waals surface area contributed by atoms with E-state index in [4.69, 9.17) is 10.5 Å². The fourth-order valence-corrected chi connectivity index (χ4v) is 1.89. The van der Waals surface area contributed by atoms with Crippen LogP contribution in [0.4, 0.5) is 20.2 Å². The quantitative estimate of drug-likeness (QED) is 0.796. The molecule has 0 saturated carbocycles. The first-order chi connectivity index (χ1) is 8.49. The zero-order chi connectivity index (χ0) is 13.3. The van der Waals surface area contributed by atoms with Crippen LogP contribution in [0.2, 0.25) is 0 Å². The van der Waals surface area contributed by atoms with Crippen molar-refractivity contribution in [1.29, 1.82) is 0 Å². The summed E-state index contributed by atoms with van der Waals surface area (Å²) in [4.78, 5) is 11.8. The van der Waals surface area contributed by atoms with E-state index in [1.54, 1.807) is 0 Å². The number of benzene rings is 1. The Morgan fingerprint density at radius 2 is 2.17 bits per heavy atom. The van der Waals surface area contributed by atoms with Crippen LogP contribution in [-0.2, 0) is 9.53 Å². The molecule has 2 rings (SSSR count). The molecule has 1 amide bonds. The van der Waals surface area contributed by atoms with E-state index in [9.17, 15) is 13.6 Å². The minimum atomic E-state index is -1.16. The van der Waals surface area contributed by atoms with Crippen LogP contribution in [0.25, 0.3) is 0 Å². The first-order valence-corrected chi connectivity index (χ1v) is 5.69. The predicted octanol–water partition coefficient (Wildman–Crippen LogP) is 2.05. The van der Waals surface area contributed by atoms with Crippen molar-refractivity contribution < 1.29 is 18.3 Å². The van der Waals surface area contributed by atoms with Crippen LogP contribution in [0.3, 0.4) is 0 Å². The standard InChI is InChI=1S/C12H14F2N2O2/c1-6-2-5-9(18-6)12(17)16-11-8(15)4-3-7(13)10(11)14/h3-4,6,9H,2,5,15H2,1H3,(H,16,17). The van der Waals surface area contributed by atoms with E-state index in [0.717, 1.165) is 12.5 Å². The van der Waals surface area contributed by atoms with Gasteiger partial charge in [-0.15, -0.1) is 0 Å². The molecule has 0 aliphatic carbocycles. The Morgan fingerprint density at radius 3 is 2.78 bits per heavy atom. The van der Waals surface area contributed by atoms with Gasteiger partial charge in [0.1, 0.15) is 11.8 Å². The molecule has 18 heavy (non-hydrogen) atoms. The first kappa shape index (κ1) is 12.8. The number of nitrogen functional groups attached to an aromatic ring is 1. The summed E-state index contributed by atoms with van der Waals surface area (Å²) in [6, 6.07) is 2.11. The fraction of sp³-hybridized carbons (Fsp3) is 0.417. The van der Waals surface area contributed by atoms with Gasteiger partial charge in [-0.3, -0.25) is 4.79 Å². The van der Waals surface area contributed by atoms with Crippen molar-refractivity contribution in [2.24, 2.45) is 0 Å². The van der Waals surface area contributed by atoms with Gasteiger partial charge < -0.3 is 15.8 Å². The summed E-state index contributed by atoms with van der Waals surface area (Å²) in [6.45, 7) is 1.85. The van der Waals surface area contributed by atoms with Gasteiger partial charge in [-0.2, -0.15) is 0 Å². The molecular formula is C12H14F2N2O2. The van der Waals surface area contributed by atoms with Gasteiger partial charge in [0, 0.05) is 0 Å². The Labute approximate surface area is 103 Å². The van der Waals surface area contributed by atoms with E-state index in [0.29, 0.717) is 6.42 Å². The molecule has 1 aromatic rings. The second-order valence-electron chi connectivity index (χ2n) is 4.33. The lowest BCUT2D eigenvalue weighted by molar-refractivity contribution is -0.126. The highest BCUT2D eigenvalue weighted by molar-refractivity contribution is 5.97. The molecule has 1 aliphatic heterocycles. The molecule has 98 valence electrons. The van der Waals surface area contributed by atoms with E-state index < -0.39 is 23.6 Å². The van der Waals surface area contributed by atoms with Crippen LogP contribution in [0.15, 0.2) is 12.1 Å². The number of carbonyl (C=O) groups excluding carboxylic acids is 1. The summed E-state index contributed by atoms with van der Waals surface area (Å²) in [6.07, 6.45) is 0.681. The van der Waals surface area contributed by atoms with Crippen molar-refractivity contribution in [2.45, 2.75) is 32.0 Å². The Balaban J connectivity index is 2.14. The number of halogens is 2. The van der Waals surface area contributed by atoms with Crippen molar-refractivity contribution in [2.75, 3.05) is 11.1 Å². The number of amides is 1. The molecular weight excluding hydrogens is 242 g/mol. The van der Waals surface area contributed by atoms with Gasteiger partial charge in [0.15, 0.2) is 11.6 Å². The molecule has 0 bridgehead atoms. The van der Waals surface area contributed by atoms with Crippen molar-refractivity contribution in [3.63, 3.8) is 0 Å². The van der Waals surface area contributed by atoms with E-state index in [1.807, 2.05) is 6.92 Å². The maximum atomic E-state index is 13.5. The molecule has 1 fully saturated rings. The lowest BCUT2D eigenvalue weighted by atomic mass is 10.2. The minimum Gasteiger partial charge on any atom is -0.397 e. The molecule has 6 heteroatoms. The fourth-order valence-electron chi connectivity index (χ4n) is 1.89. The Hall–Kier alpha value is -1.69. The third kappa shape index (κ3) is 2.43. The number of ether oxygens (including phenoxy) is 1. The highest BCUT2D eigenvalue weighted by Gasteiger charge is 2.29. The Bertz CT molecular complexity index is 479. The molecule has 1 saturated heterocycles. The van der Waals surface area contributed by atoms with Crippen LogP contribution in [0, 0.1) is 11.6 Å². The van der Waals surface area contributed by atoms with Gasteiger partial charge in [0.05, 0.1) is 11.8 Å². The number of hydrogen-bond donors (Lipinski definition) is 2. The highest BCUT2D eigenvalue weighted by Crippen LogP contribution is 2.26. The summed E-state index contributed by atoms with van der Waals surface area (Å²) >= 11 is 0. The number of anilines is 2. The summed E-state index contributed by atoms with van der Waals surface area (Å²) < 4.78 is 31.8. The maximum absolute atomic E-state index is 13.5. The molecule has 1 aromatic carbocycles. The number of nitrogens with one attached hydrogen (secondary N) is 1. The van der Waals surface area contributed by atoms with Crippen molar-refractivity contribution in [3.05, 3.63) is 23.8 Å². The van der Waals surface area contributed by atoms with E-state index in [2.05, 4.69) is 5.32 Å². The third-order valence-corrected chi connectivity index (χ3v) is 2.90. The lowest BCUT2D eigenvalue weighted by Gasteiger charge is -2.13. The average molecular weight is 256 g/mol. The molecule has 3 N–H and O–H groups in total. The SMILES string of the molecule is CC1CCC(C(=O)Nc2c(N)ccc(F)c2F)O1. The average Bonchev–Trinajstić information content (AvgIpc) is 2.76. The molecule has 2 unspecified atom stereocenters. The zero-order valence-corrected chi connectivity index (χ0v) is 9.87. The second kappa shape index (κ2) is 4.89. The lowest BCUT2D eigenvalue weighted by Crippen LogP contribution is -2.28. The zero-order valence-electron chi connectivity index (χ0n) is 9.87. The summed E-state index contributed by atoms with van der Waals surface area (Å²) in [7, 11) is 0. The molecule has 0 aromatic heterocycles. The minimum absolute atomic E-state index is 0.00421. The van der Waals surface area contributed by atoms with Crippen molar-refractivity contribution in [3.8, 4) is 0 Å². The summed E-state index contributed by atoms with van der Waals surface area (Å²) in [5.41, 5.74) is 5.15. The Kier molecular flexibility index (Phi) is 3.47. The third-order valence-electron chi connectivity index (χ3n) is 2.90. The second-order valence-corrected chi connectivity index (χ2v) is 4.33. The number of carbonyl (C=O) groups is 1. The van der Waals surface area contributed by atoms with Crippen LogP contribution in [-0.4, -0.2) is 18.1 Å². The summed E-state index contributed by atoms with van der Waals surface area (Å²) in [5, 5.41) is 2.28. The van der Waals surface area contributed by atoms with E-state index in [1.165, 1.54) is 6.07 Å². The smallest absolute Gasteiger partial charge is 0.253 e. The van der Waals surface area contributed by atoms with Gasteiger partial charge in [0.25, 0.3) is 5.91 Å². The first-order valence-electron chi connectivity index (χ1n) is 5.69. The number of hydrogen-bond acceptors (Lipinski definition) is 3.